The molecule has 2 aromatic rings. The lowest BCUT2D eigenvalue weighted by atomic mass is 10.3. The number of aromatic amines is 1. The average molecular weight is 281 g/mol. The highest BCUT2D eigenvalue weighted by Gasteiger charge is 2.10. The van der Waals surface area contributed by atoms with Crippen LogP contribution < -0.4 is 10.3 Å². The molecule has 2 N–H and O–H groups in total. The summed E-state index contributed by atoms with van der Waals surface area (Å²) in [6, 6.07) is 6.86. The van der Waals surface area contributed by atoms with E-state index < -0.39 is 17.1 Å². The Balaban J connectivity index is 2.13. The van der Waals surface area contributed by atoms with Crippen LogP contribution in [0.2, 0.25) is 5.02 Å². The summed E-state index contributed by atoms with van der Waals surface area (Å²) in [5, 5.41) is 9.13. The summed E-state index contributed by atoms with van der Waals surface area (Å²) in [7, 11) is 0. The normalized spacial score (nSPS) is 10.2. The summed E-state index contributed by atoms with van der Waals surface area (Å²) in [6.45, 7) is -0.0150. The Morgan fingerprint density at radius 1 is 1.42 bits per heavy atom. The minimum absolute atomic E-state index is 0.0150. The van der Waals surface area contributed by atoms with Crippen LogP contribution in [0, 0.1) is 0 Å². The van der Waals surface area contributed by atoms with E-state index in [0.29, 0.717) is 10.8 Å². The van der Waals surface area contributed by atoms with Gasteiger partial charge in [-0.25, -0.2) is 9.78 Å². The Kier molecular flexibility index (Phi) is 3.82. The van der Waals surface area contributed by atoms with E-state index in [4.69, 9.17) is 21.4 Å². The number of para-hydroxylation sites is 1. The molecule has 0 amide bonds. The van der Waals surface area contributed by atoms with Crippen molar-refractivity contribution in [1.29, 1.82) is 0 Å². The molecule has 2 rings (SSSR count). The highest BCUT2D eigenvalue weighted by Crippen LogP contribution is 2.23. The van der Waals surface area contributed by atoms with Crippen LogP contribution in [0.15, 0.2) is 35.3 Å². The molecule has 0 bridgehead atoms. The molecule has 0 atom stereocenters. The maximum atomic E-state index is 11.4. The molecule has 0 saturated heterocycles. The molecule has 0 unspecified atom stereocenters. The van der Waals surface area contributed by atoms with E-state index in [1.165, 1.54) is 0 Å². The molecule has 7 heteroatoms. The lowest BCUT2D eigenvalue weighted by Crippen LogP contribution is -2.20. The number of hydrogen-bond donors (Lipinski definition) is 2. The molecule has 0 saturated carbocycles. The van der Waals surface area contributed by atoms with Crippen LogP contribution in [0.1, 0.15) is 16.2 Å². The Bertz CT molecular complexity index is 669. The first-order valence-electron chi connectivity index (χ1n) is 5.27. The number of nitrogens with one attached hydrogen (secondary N) is 1. The molecule has 0 aliphatic rings. The van der Waals surface area contributed by atoms with Crippen molar-refractivity contribution in [2.75, 3.05) is 0 Å². The van der Waals surface area contributed by atoms with E-state index in [1.807, 2.05) is 0 Å². The van der Waals surface area contributed by atoms with E-state index in [0.717, 1.165) is 6.20 Å². The molecule has 19 heavy (non-hydrogen) atoms. The van der Waals surface area contributed by atoms with Crippen molar-refractivity contribution in [3.05, 3.63) is 57.2 Å². The van der Waals surface area contributed by atoms with Crippen molar-refractivity contribution in [2.45, 2.75) is 6.61 Å². The molecule has 0 aliphatic heterocycles. The maximum Gasteiger partial charge on any atom is 0.342 e. The maximum absolute atomic E-state index is 11.4. The number of ether oxygens (including phenoxy) is 1. The van der Waals surface area contributed by atoms with Gasteiger partial charge >= 0.3 is 5.97 Å². The Labute approximate surface area is 112 Å². The molecule has 98 valence electrons. The van der Waals surface area contributed by atoms with Crippen LogP contribution in [-0.2, 0) is 6.61 Å². The molecule has 1 heterocycles. The molecular formula is C12H9ClN2O4. The summed E-state index contributed by atoms with van der Waals surface area (Å²) in [5.74, 6) is -0.656. The minimum atomic E-state index is -1.33. The van der Waals surface area contributed by atoms with Crippen molar-refractivity contribution in [1.82, 2.24) is 9.97 Å². The number of rotatable bonds is 4. The van der Waals surface area contributed by atoms with E-state index >= 15 is 0 Å². The molecule has 0 spiro atoms. The largest absolute Gasteiger partial charge is 0.484 e. The van der Waals surface area contributed by atoms with Gasteiger partial charge in [0, 0.05) is 6.20 Å². The third kappa shape index (κ3) is 3.11. The number of carbonyl (C=O) groups is 1. The van der Waals surface area contributed by atoms with Gasteiger partial charge in [-0.1, -0.05) is 23.7 Å². The second-order valence-corrected chi connectivity index (χ2v) is 4.00. The number of aromatic carboxylic acids is 1. The fourth-order valence-corrected chi connectivity index (χ4v) is 1.56. The van der Waals surface area contributed by atoms with Gasteiger partial charge in [0.05, 0.1) is 5.02 Å². The summed E-state index contributed by atoms with van der Waals surface area (Å²) < 4.78 is 5.37. The molecule has 1 aromatic heterocycles. The summed E-state index contributed by atoms with van der Waals surface area (Å²) in [6.07, 6.45) is 0.993. The van der Waals surface area contributed by atoms with E-state index in [1.54, 1.807) is 24.3 Å². The topological polar surface area (TPSA) is 92.3 Å². The molecule has 1 aromatic carbocycles. The molecular weight excluding hydrogens is 272 g/mol. The smallest absolute Gasteiger partial charge is 0.342 e. The second kappa shape index (κ2) is 5.53. The molecule has 0 fully saturated rings. The molecule has 0 radical (unpaired) electrons. The number of benzene rings is 1. The van der Waals surface area contributed by atoms with Crippen molar-refractivity contribution >= 4 is 17.6 Å². The van der Waals surface area contributed by atoms with Gasteiger partial charge in [0.25, 0.3) is 5.56 Å². The Morgan fingerprint density at radius 3 is 2.79 bits per heavy atom. The highest BCUT2D eigenvalue weighted by molar-refractivity contribution is 6.32. The van der Waals surface area contributed by atoms with Crippen LogP contribution in [-0.4, -0.2) is 21.0 Å². The van der Waals surface area contributed by atoms with E-state index in [2.05, 4.69) is 9.97 Å². The van der Waals surface area contributed by atoms with E-state index in [-0.39, 0.29) is 12.4 Å². The first-order valence-corrected chi connectivity index (χ1v) is 5.64. The first-order chi connectivity index (χ1) is 9.08. The average Bonchev–Trinajstić information content (AvgIpc) is 2.37. The number of H-pyrrole nitrogens is 1. The monoisotopic (exact) mass is 280 g/mol. The van der Waals surface area contributed by atoms with Gasteiger partial charge in [-0.3, -0.25) is 4.79 Å². The SMILES string of the molecule is O=C(O)c1cnc(COc2ccccc2Cl)[nH]c1=O. The van der Waals surface area contributed by atoms with Crippen LogP contribution in [0.25, 0.3) is 0 Å². The second-order valence-electron chi connectivity index (χ2n) is 3.60. The van der Waals surface area contributed by atoms with Gasteiger partial charge < -0.3 is 14.8 Å². The summed E-state index contributed by atoms with van der Waals surface area (Å²) in [4.78, 5) is 28.2. The Morgan fingerprint density at radius 2 is 2.16 bits per heavy atom. The van der Waals surface area contributed by atoms with Crippen molar-refractivity contribution in [3.8, 4) is 5.75 Å². The lowest BCUT2D eigenvalue weighted by Gasteiger charge is -2.06. The molecule has 6 nitrogen and oxygen atoms in total. The number of halogens is 1. The minimum Gasteiger partial charge on any atom is -0.484 e. The van der Waals surface area contributed by atoms with E-state index in [9.17, 15) is 9.59 Å². The number of carboxylic acid groups (broad SMARTS) is 1. The van der Waals surface area contributed by atoms with Gasteiger partial charge in [0.2, 0.25) is 0 Å². The number of carboxylic acids is 1. The zero-order valence-corrected chi connectivity index (χ0v) is 10.3. The number of nitrogens with zero attached hydrogens (tertiary/aromatic N) is 1. The van der Waals surface area contributed by atoms with Crippen molar-refractivity contribution in [3.63, 3.8) is 0 Å². The van der Waals surface area contributed by atoms with Crippen molar-refractivity contribution in [2.24, 2.45) is 0 Å². The number of aromatic nitrogens is 2. The summed E-state index contributed by atoms with van der Waals surface area (Å²) >= 11 is 5.89. The van der Waals surface area contributed by atoms with Crippen LogP contribution in [0.3, 0.4) is 0 Å². The third-order valence-electron chi connectivity index (χ3n) is 2.28. The van der Waals surface area contributed by atoms with Crippen LogP contribution >= 0.6 is 11.6 Å². The fourth-order valence-electron chi connectivity index (χ4n) is 1.37. The van der Waals surface area contributed by atoms with Gasteiger partial charge in [-0.05, 0) is 12.1 Å². The predicted molar refractivity (Wildman–Crippen MR) is 67.6 cm³/mol. The lowest BCUT2D eigenvalue weighted by molar-refractivity contribution is 0.0694. The van der Waals surface area contributed by atoms with Gasteiger partial charge in [-0.15, -0.1) is 0 Å². The first kappa shape index (κ1) is 13.1. The predicted octanol–water partition coefficient (Wildman–Crippen LogP) is 1.70. The standard InChI is InChI=1S/C12H9ClN2O4/c13-8-3-1-2-4-9(8)19-6-10-14-5-7(12(17)18)11(16)15-10/h1-5H,6H2,(H,17,18)(H,14,15,16). The quantitative estimate of drug-likeness (QED) is 0.889. The molecule has 0 aliphatic carbocycles. The van der Waals surface area contributed by atoms with Gasteiger partial charge in [-0.2, -0.15) is 0 Å². The van der Waals surface area contributed by atoms with Gasteiger partial charge in [0.15, 0.2) is 0 Å². The van der Waals surface area contributed by atoms with Crippen molar-refractivity contribution < 1.29 is 14.6 Å². The van der Waals surface area contributed by atoms with Gasteiger partial charge in [0.1, 0.15) is 23.7 Å². The zero-order valence-electron chi connectivity index (χ0n) is 9.59. The number of hydrogen-bond acceptors (Lipinski definition) is 4. The van der Waals surface area contributed by atoms with Crippen LogP contribution in [0.5, 0.6) is 5.75 Å². The zero-order chi connectivity index (χ0) is 13.8. The highest BCUT2D eigenvalue weighted by atomic mass is 35.5. The Hall–Kier alpha value is -2.34. The fraction of sp³-hybridized carbons (Fsp3) is 0.0833. The summed E-state index contributed by atoms with van der Waals surface area (Å²) in [5.41, 5.74) is -1.14. The van der Waals surface area contributed by atoms with Crippen LogP contribution in [0.4, 0.5) is 0 Å². The third-order valence-corrected chi connectivity index (χ3v) is 2.60.